The van der Waals surface area contributed by atoms with E-state index in [9.17, 15) is 29.1 Å². The van der Waals surface area contributed by atoms with Gasteiger partial charge in [-0.2, -0.15) is 0 Å². The highest BCUT2D eigenvalue weighted by Gasteiger charge is 2.38. The van der Waals surface area contributed by atoms with Crippen molar-refractivity contribution in [2.24, 2.45) is 16.5 Å². The maximum atomic E-state index is 13.8. The number of phenolic OH excluding ortho intramolecular Hbond substituents is 1. The summed E-state index contributed by atoms with van der Waals surface area (Å²) in [6, 6.07) is 11.6. The van der Waals surface area contributed by atoms with E-state index in [1.54, 1.807) is 12.1 Å². The summed E-state index contributed by atoms with van der Waals surface area (Å²) in [5.41, 5.74) is 13.3. The van der Waals surface area contributed by atoms with E-state index in [-0.39, 0.29) is 31.6 Å². The molecule has 3 rings (SSSR count). The van der Waals surface area contributed by atoms with Gasteiger partial charge in [0.1, 0.15) is 23.9 Å². The molecule has 0 saturated carbocycles. The minimum Gasteiger partial charge on any atom is -0.508 e. The maximum Gasteiger partial charge on any atom is 0.268 e. The first-order valence-electron chi connectivity index (χ1n) is 13.9. The number of carbonyl (C=O) groups excluding carboxylic acids is 5. The summed E-state index contributed by atoms with van der Waals surface area (Å²) >= 11 is 0. The number of nitrogens with zero attached hydrogens (tertiary/aromatic N) is 2. The molecule has 1 saturated heterocycles. The summed E-state index contributed by atoms with van der Waals surface area (Å²) in [7, 11) is 0. The van der Waals surface area contributed by atoms with Crippen molar-refractivity contribution in [1.29, 1.82) is 0 Å². The number of likely N-dealkylation sites (tertiary alicyclic amines) is 1. The Morgan fingerprint density at radius 1 is 0.976 bits per heavy atom. The molecule has 1 aliphatic heterocycles. The lowest BCUT2D eigenvalue weighted by Crippen LogP contribution is -2.57. The third-order valence-corrected chi connectivity index (χ3v) is 7.04. The van der Waals surface area contributed by atoms with Gasteiger partial charge in [0.25, 0.3) is 5.91 Å². The lowest BCUT2D eigenvalue weighted by Gasteiger charge is -2.29. The number of nitrogens with one attached hydrogen (secondary N) is 2. The van der Waals surface area contributed by atoms with Crippen molar-refractivity contribution < 1.29 is 29.1 Å². The zero-order valence-corrected chi connectivity index (χ0v) is 23.4. The number of benzene rings is 2. The second-order valence-electron chi connectivity index (χ2n) is 10.2. The Bertz CT molecular complexity index is 1250. The molecule has 0 radical (unpaired) electrons. The van der Waals surface area contributed by atoms with E-state index in [0.717, 1.165) is 17.3 Å². The number of rotatable bonds is 14. The molecule has 4 atom stereocenters. The second-order valence-corrected chi connectivity index (χ2v) is 10.2. The monoisotopic (exact) mass is 578 g/mol. The Balaban J connectivity index is 1.77. The van der Waals surface area contributed by atoms with Crippen LogP contribution in [0.3, 0.4) is 0 Å². The zero-order valence-electron chi connectivity index (χ0n) is 23.4. The van der Waals surface area contributed by atoms with Crippen LogP contribution in [0.5, 0.6) is 5.75 Å². The quantitative estimate of drug-likeness (QED) is 0.152. The van der Waals surface area contributed by atoms with Crippen molar-refractivity contribution in [3.8, 4) is 5.75 Å². The van der Waals surface area contributed by atoms with Crippen molar-refractivity contribution >= 4 is 36.1 Å². The van der Waals surface area contributed by atoms with Crippen LogP contribution in [0, 0.1) is 0 Å². The number of aromatic hydroxyl groups is 1. The Hall–Kier alpha value is -4.42. The third-order valence-electron chi connectivity index (χ3n) is 7.04. The SMILES string of the molecule is NCCCC(NC(=O)C(N)Cc1ccc(O)cc1)C(=O)NC(Cc1ccccc1)C(=O)N1CCCC1C(=O)N=CC=O. The van der Waals surface area contributed by atoms with Crippen LogP contribution in [-0.4, -0.2) is 83.4 Å². The molecule has 7 N–H and O–H groups in total. The molecule has 4 unspecified atom stereocenters. The normalized spacial score (nSPS) is 16.9. The molecular formula is C30H38N6O6. The van der Waals surface area contributed by atoms with E-state index in [1.165, 1.54) is 17.0 Å². The van der Waals surface area contributed by atoms with E-state index in [1.807, 2.05) is 30.3 Å². The molecule has 2 aromatic carbocycles. The van der Waals surface area contributed by atoms with Gasteiger partial charge < -0.3 is 32.1 Å². The number of phenols is 1. The molecule has 0 aliphatic carbocycles. The van der Waals surface area contributed by atoms with Gasteiger partial charge in [-0.3, -0.25) is 24.0 Å². The fraction of sp³-hybridized carbons (Fsp3) is 0.400. The fourth-order valence-electron chi connectivity index (χ4n) is 4.85. The molecule has 42 heavy (non-hydrogen) atoms. The van der Waals surface area contributed by atoms with E-state index in [0.29, 0.717) is 32.1 Å². The zero-order chi connectivity index (χ0) is 30.5. The van der Waals surface area contributed by atoms with Crippen molar-refractivity contribution in [3.05, 3.63) is 65.7 Å². The van der Waals surface area contributed by atoms with Gasteiger partial charge in [-0.25, -0.2) is 4.99 Å². The van der Waals surface area contributed by atoms with Gasteiger partial charge in [-0.15, -0.1) is 0 Å². The second kappa shape index (κ2) is 16.1. The topological polar surface area (TPSA) is 197 Å². The number of aliphatic imine (C=N–C) groups is 1. The van der Waals surface area contributed by atoms with Gasteiger partial charge in [0.05, 0.1) is 12.3 Å². The van der Waals surface area contributed by atoms with Crippen LogP contribution in [-0.2, 0) is 36.8 Å². The summed E-state index contributed by atoms with van der Waals surface area (Å²) in [4.78, 5) is 68.5. The summed E-state index contributed by atoms with van der Waals surface area (Å²) in [6.07, 6.45) is 3.19. The first kappa shape index (κ1) is 32.1. The van der Waals surface area contributed by atoms with Crippen LogP contribution in [0.2, 0.25) is 0 Å². The molecule has 1 aliphatic rings. The predicted molar refractivity (Wildman–Crippen MR) is 156 cm³/mol. The number of nitrogens with two attached hydrogens (primary N) is 2. The molecule has 4 amide bonds. The fourth-order valence-corrected chi connectivity index (χ4v) is 4.85. The molecule has 224 valence electrons. The van der Waals surface area contributed by atoms with Crippen LogP contribution in [0.25, 0.3) is 0 Å². The van der Waals surface area contributed by atoms with Gasteiger partial charge in [0, 0.05) is 13.0 Å². The Morgan fingerprint density at radius 3 is 2.31 bits per heavy atom. The van der Waals surface area contributed by atoms with Gasteiger partial charge >= 0.3 is 0 Å². The molecule has 12 heteroatoms. The largest absolute Gasteiger partial charge is 0.508 e. The highest BCUT2D eigenvalue weighted by atomic mass is 16.3. The molecule has 0 aromatic heterocycles. The van der Waals surface area contributed by atoms with Crippen LogP contribution in [0.15, 0.2) is 59.6 Å². The Labute approximate surface area is 244 Å². The average Bonchev–Trinajstić information content (AvgIpc) is 3.49. The lowest BCUT2D eigenvalue weighted by atomic mass is 10.0. The lowest BCUT2D eigenvalue weighted by molar-refractivity contribution is -0.141. The summed E-state index contributed by atoms with van der Waals surface area (Å²) < 4.78 is 0. The molecule has 0 spiro atoms. The van der Waals surface area contributed by atoms with Crippen LogP contribution in [0.1, 0.15) is 36.8 Å². The van der Waals surface area contributed by atoms with E-state index >= 15 is 0 Å². The van der Waals surface area contributed by atoms with E-state index in [4.69, 9.17) is 11.5 Å². The molecular weight excluding hydrogens is 540 g/mol. The average molecular weight is 579 g/mol. The number of carbonyl (C=O) groups is 5. The first-order valence-corrected chi connectivity index (χ1v) is 13.9. The van der Waals surface area contributed by atoms with Crippen molar-refractivity contribution in [1.82, 2.24) is 15.5 Å². The standard InChI is InChI=1S/C30H38N6O6/c31-14-4-8-24(34-27(39)23(32)18-21-10-12-22(38)13-11-21)28(40)35-25(19-20-6-2-1-3-7-20)30(42)36-16-5-9-26(36)29(41)33-15-17-37/h1-3,6-7,10-13,15,17,23-26,38H,4-5,8-9,14,16,18-19,31-32H2,(H,34,39)(H,35,40). The van der Waals surface area contributed by atoms with Gasteiger partial charge in [-0.05, 0) is 61.9 Å². The van der Waals surface area contributed by atoms with E-state index < -0.39 is 47.8 Å². The third kappa shape index (κ3) is 9.32. The molecule has 1 fully saturated rings. The number of amides is 4. The minimum absolute atomic E-state index is 0.0909. The molecule has 0 bridgehead atoms. The van der Waals surface area contributed by atoms with Crippen LogP contribution >= 0.6 is 0 Å². The summed E-state index contributed by atoms with van der Waals surface area (Å²) in [6.45, 7) is 0.580. The highest BCUT2D eigenvalue weighted by molar-refractivity contribution is 6.16. The van der Waals surface area contributed by atoms with Crippen LogP contribution < -0.4 is 22.1 Å². The van der Waals surface area contributed by atoms with Gasteiger partial charge in [0.2, 0.25) is 17.7 Å². The van der Waals surface area contributed by atoms with E-state index in [2.05, 4.69) is 15.6 Å². The molecule has 1 heterocycles. The first-order chi connectivity index (χ1) is 20.2. The van der Waals surface area contributed by atoms with Crippen molar-refractivity contribution in [2.75, 3.05) is 13.1 Å². The van der Waals surface area contributed by atoms with Crippen molar-refractivity contribution in [2.45, 2.75) is 62.7 Å². The van der Waals surface area contributed by atoms with Gasteiger partial charge in [-0.1, -0.05) is 42.5 Å². The smallest absolute Gasteiger partial charge is 0.268 e. The molecule has 12 nitrogen and oxygen atoms in total. The van der Waals surface area contributed by atoms with Crippen molar-refractivity contribution in [3.63, 3.8) is 0 Å². The number of hydrogen-bond donors (Lipinski definition) is 5. The highest BCUT2D eigenvalue weighted by Crippen LogP contribution is 2.21. The molecule has 2 aromatic rings. The van der Waals surface area contributed by atoms with Crippen LogP contribution in [0.4, 0.5) is 0 Å². The Kier molecular flexibility index (Phi) is 12.3. The number of aldehydes is 1. The summed E-state index contributed by atoms with van der Waals surface area (Å²) in [5.74, 6) is -2.10. The maximum absolute atomic E-state index is 13.8. The summed E-state index contributed by atoms with van der Waals surface area (Å²) in [5, 5.41) is 15.0. The van der Waals surface area contributed by atoms with Gasteiger partial charge in [0.15, 0.2) is 6.29 Å². The minimum atomic E-state index is -1.04. The Morgan fingerprint density at radius 2 is 1.64 bits per heavy atom. The predicted octanol–water partition coefficient (Wildman–Crippen LogP) is 0.000500. The number of hydrogen-bond acceptors (Lipinski definition) is 8.